The van der Waals surface area contributed by atoms with Crippen LogP contribution in [-0.4, -0.2) is 23.2 Å². The van der Waals surface area contributed by atoms with Crippen LogP contribution in [0.3, 0.4) is 0 Å². The fraction of sp³-hybridized carbons (Fsp3) is 0.125. The molecule has 0 amide bonds. The number of fused-ring (bicyclic) bond motifs is 1. The van der Waals surface area contributed by atoms with Gasteiger partial charge in [0, 0.05) is 24.2 Å². The van der Waals surface area contributed by atoms with Gasteiger partial charge in [0.1, 0.15) is 11.3 Å². The average molecular weight is 577 g/mol. The van der Waals surface area contributed by atoms with Gasteiger partial charge in [-0.3, -0.25) is 4.98 Å². The van der Waals surface area contributed by atoms with Crippen molar-refractivity contribution in [3.05, 3.63) is 124 Å². The van der Waals surface area contributed by atoms with Crippen LogP contribution in [0.1, 0.15) is 32.6 Å². The minimum absolute atomic E-state index is 0.0567. The van der Waals surface area contributed by atoms with Gasteiger partial charge in [0.15, 0.2) is 0 Å². The zero-order valence-electron chi connectivity index (χ0n) is 21.8. The van der Waals surface area contributed by atoms with E-state index in [1.54, 1.807) is 6.07 Å². The quantitative estimate of drug-likeness (QED) is 0.194. The van der Waals surface area contributed by atoms with E-state index in [1.807, 2.05) is 54.6 Å². The van der Waals surface area contributed by atoms with Crippen molar-refractivity contribution in [3.8, 4) is 16.9 Å². The third-order valence-electron chi connectivity index (χ3n) is 6.74. The van der Waals surface area contributed by atoms with Crippen LogP contribution in [0.25, 0.3) is 22.0 Å². The van der Waals surface area contributed by atoms with Gasteiger partial charge in [0.2, 0.25) is 0 Å². The number of halogens is 4. The number of methoxy groups -OCH3 is 1. The summed E-state index contributed by atoms with van der Waals surface area (Å²) in [6.07, 6.45) is -2.53. The Kier molecular flexibility index (Phi) is 7.85. The van der Waals surface area contributed by atoms with Crippen LogP contribution in [0, 0.1) is 0 Å². The van der Waals surface area contributed by atoms with E-state index in [2.05, 4.69) is 10.3 Å². The maximum atomic E-state index is 13.9. The Hall–Kier alpha value is -4.56. The number of alkyl halides is 3. The number of aromatic carboxylic acids is 1. The Labute approximate surface area is 239 Å². The fourth-order valence-electron chi connectivity index (χ4n) is 4.84. The van der Waals surface area contributed by atoms with Crippen LogP contribution in [0.2, 0.25) is 5.02 Å². The van der Waals surface area contributed by atoms with Gasteiger partial charge in [0.25, 0.3) is 0 Å². The van der Waals surface area contributed by atoms with Crippen LogP contribution >= 0.6 is 11.6 Å². The van der Waals surface area contributed by atoms with E-state index in [4.69, 9.17) is 16.3 Å². The first-order valence-corrected chi connectivity index (χ1v) is 13.0. The molecule has 0 aliphatic carbocycles. The van der Waals surface area contributed by atoms with Crippen LogP contribution in [-0.2, 0) is 19.1 Å². The number of ether oxygens (including phenoxy) is 1. The average Bonchev–Trinajstić information content (AvgIpc) is 2.96. The number of anilines is 1. The normalized spacial score (nSPS) is 11.4. The molecule has 0 radical (unpaired) electrons. The topological polar surface area (TPSA) is 71.5 Å². The molecule has 1 heterocycles. The summed E-state index contributed by atoms with van der Waals surface area (Å²) >= 11 is 6.33. The lowest BCUT2D eigenvalue weighted by Gasteiger charge is -2.17. The number of hydrogen-bond acceptors (Lipinski definition) is 4. The first kappa shape index (κ1) is 28.0. The van der Waals surface area contributed by atoms with Gasteiger partial charge < -0.3 is 15.2 Å². The van der Waals surface area contributed by atoms with Gasteiger partial charge in [0.05, 0.1) is 28.9 Å². The standard InChI is InChI=1S/C32H24ClF3N2O3/c1-41-28-16-27(26(33)15-24(28)31(39)40)37-17-20-9-5-10-21(14-20)29-22(13-19-7-3-2-4-8-19)18-38-30-23(29)11-6-12-25(30)32(34,35)36/h2-12,14-16,18,37H,13,17H2,1H3,(H,39,40). The molecule has 0 saturated heterocycles. The van der Waals surface area contributed by atoms with Gasteiger partial charge in [-0.15, -0.1) is 0 Å². The van der Waals surface area contributed by atoms with Crippen LogP contribution in [0.4, 0.5) is 18.9 Å². The predicted molar refractivity (Wildman–Crippen MR) is 154 cm³/mol. The van der Waals surface area contributed by atoms with Crippen molar-refractivity contribution in [3.63, 3.8) is 0 Å². The SMILES string of the molecule is COc1cc(NCc2cccc(-c3c(Cc4ccccc4)cnc4c(C(F)(F)F)cccc34)c2)c(Cl)cc1C(=O)O. The van der Waals surface area contributed by atoms with Gasteiger partial charge in [-0.2, -0.15) is 13.2 Å². The summed E-state index contributed by atoms with van der Waals surface area (Å²) in [6, 6.07) is 24.1. The van der Waals surface area contributed by atoms with Crippen LogP contribution < -0.4 is 10.1 Å². The van der Waals surface area contributed by atoms with Crippen LogP contribution in [0.5, 0.6) is 5.75 Å². The molecule has 5 nitrogen and oxygen atoms in total. The lowest BCUT2D eigenvalue weighted by molar-refractivity contribution is -0.136. The van der Waals surface area contributed by atoms with E-state index in [0.29, 0.717) is 29.6 Å². The van der Waals surface area contributed by atoms with E-state index in [-0.39, 0.29) is 21.9 Å². The monoisotopic (exact) mass is 576 g/mol. The lowest BCUT2D eigenvalue weighted by atomic mass is 9.91. The van der Waals surface area contributed by atoms with Crippen molar-refractivity contribution < 1.29 is 27.8 Å². The Balaban J connectivity index is 1.56. The summed E-state index contributed by atoms with van der Waals surface area (Å²) in [4.78, 5) is 15.8. The lowest BCUT2D eigenvalue weighted by Crippen LogP contribution is -2.07. The zero-order chi connectivity index (χ0) is 29.1. The summed E-state index contributed by atoms with van der Waals surface area (Å²) in [5, 5.41) is 13.2. The number of carboxylic acid groups (broad SMARTS) is 1. The first-order chi connectivity index (χ1) is 19.7. The maximum absolute atomic E-state index is 13.9. The summed E-state index contributed by atoms with van der Waals surface area (Å²) < 4.78 is 46.8. The molecule has 5 aromatic rings. The van der Waals surface area contributed by atoms with E-state index in [1.165, 1.54) is 31.5 Å². The molecule has 4 aromatic carbocycles. The summed E-state index contributed by atoms with van der Waals surface area (Å²) in [7, 11) is 1.37. The highest BCUT2D eigenvalue weighted by Gasteiger charge is 2.33. The number of para-hydroxylation sites is 1. The van der Waals surface area contributed by atoms with Crippen molar-refractivity contribution in [2.45, 2.75) is 19.1 Å². The molecule has 41 heavy (non-hydrogen) atoms. The third kappa shape index (κ3) is 5.98. The molecule has 0 atom stereocenters. The molecule has 2 N–H and O–H groups in total. The van der Waals surface area contributed by atoms with Gasteiger partial charge >= 0.3 is 12.1 Å². The zero-order valence-corrected chi connectivity index (χ0v) is 22.6. The number of nitrogens with zero attached hydrogens (tertiary/aromatic N) is 1. The Morgan fingerprint density at radius 1 is 0.976 bits per heavy atom. The molecule has 0 bridgehead atoms. The number of rotatable bonds is 8. The predicted octanol–water partition coefficient (Wildman–Crippen LogP) is 8.48. The second-order valence-corrected chi connectivity index (χ2v) is 9.82. The number of benzene rings is 4. The number of hydrogen-bond donors (Lipinski definition) is 2. The summed E-state index contributed by atoms with van der Waals surface area (Å²) in [5.74, 6) is -1.00. The minimum Gasteiger partial charge on any atom is -0.496 e. The van der Waals surface area contributed by atoms with E-state index < -0.39 is 17.7 Å². The second kappa shape index (κ2) is 11.5. The molecule has 9 heteroatoms. The smallest absolute Gasteiger partial charge is 0.418 e. The van der Waals surface area contributed by atoms with Gasteiger partial charge in [-0.1, -0.05) is 72.3 Å². The van der Waals surface area contributed by atoms with Crippen LogP contribution in [0.15, 0.2) is 91.1 Å². The maximum Gasteiger partial charge on any atom is 0.418 e. The molecular weight excluding hydrogens is 553 g/mol. The number of nitrogens with one attached hydrogen (secondary N) is 1. The third-order valence-corrected chi connectivity index (χ3v) is 7.05. The van der Waals surface area contributed by atoms with Crippen molar-refractivity contribution in [2.75, 3.05) is 12.4 Å². The summed E-state index contributed by atoms with van der Waals surface area (Å²) in [6.45, 7) is 0.313. The minimum atomic E-state index is -4.55. The molecule has 0 fully saturated rings. The Morgan fingerprint density at radius 2 is 1.71 bits per heavy atom. The van der Waals surface area contributed by atoms with E-state index in [9.17, 15) is 23.1 Å². The van der Waals surface area contributed by atoms with Crippen molar-refractivity contribution in [1.29, 1.82) is 0 Å². The number of pyridine rings is 1. The molecule has 1 aromatic heterocycles. The molecule has 0 aliphatic heterocycles. The highest BCUT2D eigenvalue weighted by atomic mass is 35.5. The first-order valence-electron chi connectivity index (χ1n) is 12.6. The van der Waals surface area contributed by atoms with E-state index in [0.717, 1.165) is 28.3 Å². The van der Waals surface area contributed by atoms with E-state index >= 15 is 0 Å². The fourth-order valence-corrected chi connectivity index (χ4v) is 5.07. The van der Waals surface area contributed by atoms with Gasteiger partial charge in [-0.05, 0) is 52.4 Å². The Bertz CT molecular complexity index is 1740. The molecule has 0 aliphatic rings. The van der Waals surface area contributed by atoms with Gasteiger partial charge in [-0.25, -0.2) is 4.79 Å². The number of aromatic nitrogens is 1. The highest BCUT2D eigenvalue weighted by molar-refractivity contribution is 6.33. The Morgan fingerprint density at radius 3 is 2.41 bits per heavy atom. The molecule has 208 valence electrons. The van der Waals surface area contributed by atoms with Crippen molar-refractivity contribution in [1.82, 2.24) is 4.98 Å². The number of carbonyl (C=O) groups is 1. The molecule has 0 unspecified atom stereocenters. The summed E-state index contributed by atoms with van der Waals surface area (Å²) in [5.41, 5.74) is 3.60. The number of carboxylic acids is 1. The second-order valence-electron chi connectivity index (χ2n) is 9.41. The highest BCUT2D eigenvalue weighted by Crippen LogP contribution is 2.39. The molecule has 5 rings (SSSR count). The largest absolute Gasteiger partial charge is 0.496 e. The molecular formula is C32H24ClF3N2O3. The molecule has 0 spiro atoms. The van der Waals surface area contributed by atoms with Crippen molar-refractivity contribution in [2.24, 2.45) is 0 Å². The van der Waals surface area contributed by atoms with Crippen molar-refractivity contribution >= 4 is 34.2 Å². The molecule has 0 saturated carbocycles.